The molecule has 2 nitrogen and oxygen atoms in total. The predicted octanol–water partition coefficient (Wildman–Crippen LogP) is 5.15. The fourth-order valence-electron chi connectivity index (χ4n) is 1.64. The van der Waals surface area contributed by atoms with E-state index in [1.807, 2.05) is 18.2 Å². The third-order valence-electron chi connectivity index (χ3n) is 2.63. The summed E-state index contributed by atoms with van der Waals surface area (Å²) in [4.78, 5) is 0. The van der Waals surface area contributed by atoms with Gasteiger partial charge in [-0.3, -0.25) is 0 Å². The zero-order valence-electron chi connectivity index (χ0n) is 11.9. The van der Waals surface area contributed by atoms with Crippen molar-refractivity contribution in [1.82, 2.24) is 5.32 Å². The van der Waals surface area contributed by atoms with Crippen LogP contribution in [0.2, 0.25) is 0 Å². The zero-order chi connectivity index (χ0) is 14.3. The summed E-state index contributed by atoms with van der Waals surface area (Å²) in [5.74, 6) is 0.913. The Morgan fingerprint density at radius 1 is 1.11 bits per heavy atom. The van der Waals surface area contributed by atoms with E-state index in [9.17, 15) is 0 Å². The maximum Gasteiger partial charge on any atom is 0.133 e. The van der Waals surface area contributed by atoms with Crippen molar-refractivity contribution in [2.75, 3.05) is 13.2 Å². The Bertz CT molecular complexity index is 388. The average molecular weight is 393 g/mol. The molecule has 108 valence electrons. The van der Waals surface area contributed by atoms with E-state index >= 15 is 0 Å². The maximum absolute atomic E-state index is 5.75. The lowest BCUT2D eigenvalue weighted by molar-refractivity contribution is 0.301. The van der Waals surface area contributed by atoms with Gasteiger partial charge in [0.1, 0.15) is 5.75 Å². The van der Waals surface area contributed by atoms with Gasteiger partial charge in [-0.1, -0.05) is 15.9 Å². The van der Waals surface area contributed by atoms with Crippen molar-refractivity contribution in [3.63, 3.8) is 0 Å². The molecule has 0 bridgehead atoms. The van der Waals surface area contributed by atoms with E-state index < -0.39 is 0 Å². The Morgan fingerprint density at radius 3 is 2.47 bits per heavy atom. The van der Waals surface area contributed by atoms with Gasteiger partial charge < -0.3 is 10.1 Å². The topological polar surface area (TPSA) is 21.3 Å². The number of hydrogen-bond acceptors (Lipinski definition) is 2. The molecular weight excluding hydrogens is 370 g/mol. The van der Waals surface area contributed by atoms with Crippen molar-refractivity contribution in [3.8, 4) is 5.75 Å². The van der Waals surface area contributed by atoms with Crippen LogP contribution in [0, 0.1) is 0 Å². The second kappa shape index (κ2) is 8.28. The Morgan fingerprint density at radius 2 is 1.84 bits per heavy atom. The molecule has 0 unspecified atom stereocenters. The summed E-state index contributed by atoms with van der Waals surface area (Å²) in [7, 11) is 0. The normalized spacial score (nSPS) is 11.6. The Hall–Kier alpha value is -0.0600. The van der Waals surface area contributed by atoms with Crippen LogP contribution in [0.4, 0.5) is 0 Å². The van der Waals surface area contributed by atoms with Crippen LogP contribution in [0.5, 0.6) is 5.75 Å². The first-order chi connectivity index (χ1) is 8.88. The molecule has 0 amide bonds. The van der Waals surface area contributed by atoms with E-state index in [-0.39, 0.29) is 5.54 Å². The molecule has 19 heavy (non-hydrogen) atoms. The fraction of sp³-hybridized carbons (Fsp3) is 0.600. The summed E-state index contributed by atoms with van der Waals surface area (Å²) in [5, 5.41) is 3.49. The van der Waals surface area contributed by atoms with E-state index in [1.165, 1.54) is 12.8 Å². The van der Waals surface area contributed by atoms with Crippen LogP contribution < -0.4 is 10.1 Å². The van der Waals surface area contributed by atoms with Crippen molar-refractivity contribution in [2.24, 2.45) is 0 Å². The molecule has 0 fully saturated rings. The lowest BCUT2D eigenvalue weighted by Crippen LogP contribution is -2.36. The molecule has 4 heteroatoms. The molecule has 1 N–H and O–H groups in total. The second-order valence-electron chi connectivity index (χ2n) is 5.66. The summed E-state index contributed by atoms with van der Waals surface area (Å²) < 4.78 is 7.80. The van der Waals surface area contributed by atoms with Crippen LogP contribution in [-0.4, -0.2) is 18.7 Å². The number of unbranched alkanes of at least 4 members (excludes halogenated alkanes) is 2. The van der Waals surface area contributed by atoms with Crippen LogP contribution in [0.25, 0.3) is 0 Å². The minimum atomic E-state index is 0.221. The van der Waals surface area contributed by atoms with Gasteiger partial charge in [0, 0.05) is 10.0 Å². The van der Waals surface area contributed by atoms with Gasteiger partial charge in [-0.15, -0.1) is 0 Å². The van der Waals surface area contributed by atoms with Gasteiger partial charge in [-0.25, -0.2) is 0 Å². The summed E-state index contributed by atoms with van der Waals surface area (Å²) >= 11 is 6.93. The molecule has 0 saturated heterocycles. The molecule has 1 aromatic rings. The van der Waals surface area contributed by atoms with E-state index in [2.05, 4.69) is 57.9 Å². The lowest BCUT2D eigenvalue weighted by atomic mass is 10.1. The van der Waals surface area contributed by atoms with Crippen LogP contribution >= 0.6 is 31.9 Å². The number of rotatable bonds is 7. The highest BCUT2D eigenvalue weighted by molar-refractivity contribution is 9.11. The molecule has 1 aromatic carbocycles. The van der Waals surface area contributed by atoms with Gasteiger partial charge in [0.25, 0.3) is 0 Å². The maximum atomic E-state index is 5.75. The van der Waals surface area contributed by atoms with E-state index in [1.54, 1.807) is 0 Å². The van der Waals surface area contributed by atoms with Gasteiger partial charge in [0.2, 0.25) is 0 Å². The molecule has 0 aliphatic rings. The third-order valence-corrected chi connectivity index (χ3v) is 3.74. The van der Waals surface area contributed by atoms with Crippen LogP contribution in [0.3, 0.4) is 0 Å². The van der Waals surface area contributed by atoms with Gasteiger partial charge in [0.15, 0.2) is 0 Å². The van der Waals surface area contributed by atoms with Gasteiger partial charge in [0.05, 0.1) is 11.1 Å². The molecule has 0 heterocycles. The van der Waals surface area contributed by atoms with E-state index in [4.69, 9.17) is 4.74 Å². The standard InChI is InChI=1S/C15H23Br2NO/c1-15(2,3)18-9-5-4-6-10-19-14-8-7-12(16)11-13(14)17/h7-8,11,18H,4-6,9-10H2,1-3H3. The third kappa shape index (κ3) is 7.95. The molecule has 0 spiro atoms. The van der Waals surface area contributed by atoms with Crippen LogP contribution in [0.1, 0.15) is 40.0 Å². The number of ether oxygens (including phenoxy) is 1. The highest BCUT2D eigenvalue weighted by Gasteiger charge is 2.07. The van der Waals surface area contributed by atoms with Crippen molar-refractivity contribution in [2.45, 2.75) is 45.6 Å². The van der Waals surface area contributed by atoms with Crippen molar-refractivity contribution < 1.29 is 4.74 Å². The van der Waals surface area contributed by atoms with Crippen LogP contribution in [-0.2, 0) is 0 Å². The van der Waals surface area contributed by atoms with Gasteiger partial charge in [-0.05, 0) is 80.7 Å². The van der Waals surface area contributed by atoms with Crippen molar-refractivity contribution in [1.29, 1.82) is 0 Å². The summed E-state index contributed by atoms with van der Waals surface area (Å²) in [6, 6.07) is 5.98. The second-order valence-corrected chi connectivity index (χ2v) is 7.43. The quantitative estimate of drug-likeness (QED) is 0.648. The van der Waals surface area contributed by atoms with Crippen LogP contribution in [0.15, 0.2) is 27.1 Å². The molecule has 0 saturated carbocycles. The minimum absolute atomic E-state index is 0.221. The number of hydrogen-bond donors (Lipinski definition) is 1. The summed E-state index contributed by atoms with van der Waals surface area (Å²) in [6.07, 6.45) is 3.48. The number of nitrogens with one attached hydrogen (secondary N) is 1. The first-order valence-electron chi connectivity index (χ1n) is 6.71. The average Bonchev–Trinajstić information content (AvgIpc) is 2.29. The Kier molecular flexibility index (Phi) is 7.40. The fourth-order valence-corrected chi connectivity index (χ4v) is 2.80. The molecule has 0 aliphatic heterocycles. The monoisotopic (exact) mass is 391 g/mol. The largest absolute Gasteiger partial charge is 0.492 e. The van der Waals surface area contributed by atoms with Crippen molar-refractivity contribution >= 4 is 31.9 Å². The number of benzene rings is 1. The molecule has 0 aliphatic carbocycles. The summed E-state index contributed by atoms with van der Waals surface area (Å²) in [5.41, 5.74) is 0.221. The van der Waals surface area contributed by atoms with E-state index in [0.29, 0.717) is 0 Å². The Balaban J connectivity index is 2.11. The summed E-state index contributed by atoms with van der Waals surface area (Å²) in [6.45, 7) is 8.44. The number of halogens is 2. The molecular formula is C15H23Br2NO. The first kappa shape index (κ1) is 17.0. The molecule has 0 atom stereocenters. The predicted molar refractivity (Wildman–Crippen MR) is 88.9 cm³/mol. The van der Waals surface area contributed by atoms with E-state index in [0.717, 1.165) is 34.3 Å². The highest BCUT2D eigenvalue weighted by atomic mass is 79.9. The van der Waals surface area contributed by atoms with Gasteiger partial charge in [-0.2, -0.15) is 0 Å². The zero-order valence-corrected chi connectivity index (χ0v) is 15.1. The lowest BCUT2D eigenvalue weighted by Gasteiger charge is -2.20. The SMILES string of the molecule is CC(C)(C)NCCCCCOc1ccc(Br)cc1Br. The first-order valence-corrected chi connectivity index (χ1v) is 8.30. The molecule has 0 radical (unpaired) electrons. The smallest absolute Gasteiger partial charge is 0.133 e. The van der Waals surface area contributed by atoms with Crippen molar-refractivity contribution in [3.05, 3.63) is 27.1 Å². The van der Waals surface area contributed by atoms with Gasteiger partial charge >= 0.3 is 0 Å². The minimum Gasteiger partial charge on any atom is -0.492 e. The molecule has 0 aromatic heterocycles. The molecule has 1 rings (SSSR count). The Labute approximate surface area is 133 Å². The highest BCUT2D eigenvalue weighted by Crippen LogP contribution is 2.28.